The molecule has 8 heteroatoms. The Hall–Kier alpha value is -2.35. The summed E-state index contributed by atoms with van der Waals surface area (Å²) in [7, 11) is 1.61. The van der Waals surface area contributed by atoms with Crippen LogP contribution < -0.4 is 11.2 Å². The van der Waals surface area contributed by atoms with Crippen molar-refractivity contribution in [3.05, 3.63) is 56.2 Å². The van der Waals surface area contributed by atoms with Gasteiger partial charge in [-0.3, -0.25) is 13.9 Å². The lowest BCUT2D eigenvalue weighted by atomic mass is 10.1. The molecule has 3 rings (SSSR count). The van der Waals surface area contributed by atoms with Crippen molar-refractivity contribution < 1.29 is 13.2 Å². The molecule has 0 amide bonds. The van der Waals surface area contributed by atoms with Crippen LogP contribution in [0.15, 0.2) is 33.9 Å². The molecule has 1 aromatic carbocycles. The van der Waals surface area contributed by atoms with E-state index in [0.717, 1.165) is 25.0 Å². The summed E-state index contributed by atoms with van der Waals surface area (Å²) in [5.74, 6) is 0. The fourth-order valence-corrected chi connectivity index (χ4v) is 4.34. The van der Waals surface area contributed by atoms with Gasteiger partial charge in [0, 0.05) is 18.5 Å². The van der Waals surface area contributed by atoms with E-state index >= 15 is 0 Å². The lowest BCUT2D eigenvalue weighted by Gasteiger charge is -2.08. The van der Waals surface area contributed by atoms with Gasteiger partial charge in [-0.15, -0.1) is 11.3 Å². The van der Waals surface area contributed by atoms with Crippen LogP contribution in [0.3, 0.4) is 0 Å². The average molecular weight is 396 g/mol. The van der Waals surface area contributed by atoms with Gasteiger partial charge in [-0.1, -0.05) is 25.5 Å². The van der Waals surface area contributed by atoms with Crippen molar-refractivity contribution in [3.63, 3.8) is 0 Å². The molecule has 0 spiro atoms. The number of unbranched alkanes of at least 4 members (excludes halogenated alkanes) is 1. The number of alkyl halides is 3. The highest BCUT2D eigenvalue weighted by Crippen LogP contribution is 2.37. The predicted octanol–water partition coefficient (Wildman–Crippen LogP) is 4.56. The zero-order valence-corrected chi connectivity index (χ0v) is 16.0. The highest BCUT2D eigenvalue weighted by molar-refractivity contribution is 7.22. The summed E-state index contributed by atoms with van der Waals surface area (Å²) < 4.78 is 41.0. The monoisotopic (exact) mass is 396 g/mol. The van der Waals surface area contributed by atoms with Crippen molar-refractivity contribution in [2.24, 2.45) is 7.05 Å². The molecule has 2 heterocycles. The average Bonchev–Trinajstić information content (AvgIpc) is 2.97. The Bertz CT molecular complexity index is 1110. The Labute approximate surface area is 157 Å². The zero-order chi connectivity index (χ0) is 19.9. The maximum Gasteiger partial charge on any atom is 0.416 e. The normalized spacial score (nSPS) is 12.1. The van der Waals surface area contributed by atoms with E-state index in [2.05, 4.69) is 0 Å². The van der Waals surface area contributed by atoms with Gasteiger partial charge in [-0.25, -0.2) is 4.79 Å². The highest BCUT2D eigenvalue weighted by atomic mass is 32.1. The number of hydrogen-bond donors (Lipinski definition) is 0. The first-order chi connectivity index (χ1) is 12.7. The van der Waals surface area contributed by atoms with Gasteiger partial charge in [0.25, 0.3) is 5.56 Å². The highest BCUT2D eigenvalue weighted by Gasteiger charge is 2.30. The molecule has 0 atom stereocenters. The molecule has 144 valence electrons. The lowest BCUT2D eigenvalue weighted by molar-refractivity contribution is -0.137. The number of aryl methyl sites for hydroxylation is 2. The van der Waals surface area contributed by atoms with Gasteiger partial charge in [-0.05, 0) is 36.6 Å². The molecule has 0 aliphatic rings. The van der Waals surface area contributed by atoms with E-state index in [-0.39, 0.29) is 11.2 Å². The number of benzene rings is 1. The minimum atomic E-state index is -4.40. The number of aromatic nitrogens is 2. The Kier molecular flexibility index (Phi) is 5.03. The second kappa shape index (κ2) is 6.99. The van der Waals surface area contributed by atoms with Gasteiger partial charge in [0.1, 0.15) is 4.83 Å². The first-order valence-corrected chi connectivity index (χ1v) is 9.39. The molecule has 0 N–H and O–H groups in total. The second-order valence-corrected chi connectivity index (χ2v) is 7.46. The van der Waals surface area contributed by atoms with Crippen molar-refractivity contribution in [2.45, 2.75) is 39.4 Å². The maximum absolute atomic E-state index is 12.9. The fraction of sp³-hybridized carbons (Fsp3) is 0.368. The molecule has 2 aromatic heterocycles. The maximum atomic E-state index is 12.9. The molecule has 0 aliphatic heterocycles. The van der Waals surface area contributed by atoms with Crippen molar-refractivity contribution in [1.82, 2.24) is 9.13 Å². The van der Waals surface area contributed by atoms with Crippen LogP contribution in [0.2, 0.25) is 0 Å². The molecule has 0 bridgehead atoms. The molecule has 0 unspecified atom stereocenters. The van der Waals surface area contributed by atoms with E-state index in [1.54, 1.807) is 14.0 Å². The van der Waals surface area contributed by atoms with E-state index in [4.69, 9.17) is 0 Å². The van der Waals surface area contributed by atoms with Gasteiger partial charge in [0.05, 0.1) is 10.9 Å². The number of fused-ring (bicyclic) bond motifs is 1. The summed E-state index contributed by atoms with van der Waals surface area (Å²) in [6, 6.07) is 4.85. The Balaban J connectivity index is 2.21. The van der Waals surface area contributed by atoms with Crippen molar-refractivity contribution in [2.75, 3.05) is 0 Å². The quantitative estimate of drug-likeness (QED) is 0.649. The summed E-state index contributed by atoms with van der Waals surface area (Å²) in [6.07, 6.45) is -2.83. The predicted molar refractivity (Wildman–Crippen MR) is 101 cm³/mol. The second-order valence-electron chi connectivity index (χ2n) is 6.46. The molecule has 3 aromatic rings. The van der Waals surface area contributed by atoms with Crippen LogP contribution in [0.1, 0.15) is 30.9 Å². The van der Waals surface area contributed by atoms with Gasteiger partial charge >= 0.3 is 11.9 Å². The minimum Gasteiger partial charge on any atom is -0.287 e. The Morgan fingerprint density at radius 2 is 1.74 bits per heavy atom. The van der Waals surface area contributed by atoms with Crippen LogP contribution in [0.25, 0.3) is 20.7 Å². The standard InChI is InChI=1S/C19H19F3N2O2S/c1-4-5-10-24-16(25)14-11(2)15(27-17(14)23(3)18(24)26)12-6-8-13(9-7-12)19(20,21)22/h6-9H,4-5,10H2,1-3H3. The van der Waals surface area contributed by atoms with E-state index in [9.17, 15) is 22.8 Å². The zero-order valence-electron chi connectivity index (χ0n) is 15.2. The van der Waals surface area contributed by atoms with Gasteiger partial charge in [-0.2, -0.15) is 13.2 Å². The molecule has 0 radical (unpaired) electrons. The van der Waals surface area contributed by atoms with E-state index in [0.29, 0.717) is 32.8 Å². The molecule has 27 heavy (non-hydrogen) atoms. The van der Waals surface area contributed by atoms with Crippen LogP contribution in [-0.2, 0) is 19.8 Å². The summed E-state index contributed by atoms with van der Waals surface area (Å²) in [4.78, 5) is 26.6. The van der Waals surface area contributed by atoms with E-state index < -0.39 is 11.7 Å². The molecule has 0 aliphatic carbocycles. The van der Waals surface area contributed by atoms with Crippen LogP contribution >= 0.6 is 11.3 Å². The first kappa shape index (κ1) is 19.4. The Morgan fingerprint density at radius 3 is 2.30 bits per heavy atom. The summed E-state index contributed by atoms with van der Waals surface area (Å²) in [5.41, 5.74) is -0.164. The number of rotatable bonds is 4. The molecular weight excluding hydrogens is 377 g/mol. The topological polar surface area (TPSA) is 44.0 Å². The number of halogens is 3. The summed E-state index contributed by atoms with van der Waals surface area (Å²) >= 11 is 1.25. The van der Waals surface area contributed by atoms with Crippen molar-refractivity contribution in [3.8, 4) is 10.4 Å². The van der Waals surface area contributed by atoms with Crippen LogP contribution in [0.4, 0.5) is 13.2 Å². The fourth-order valence-electron chi connectivity index (χ4n) is 3.08. The number of nitrogens with zero attached hydrogens (tertiary/aromatic N) is 2. The molecule has 0 saturated carbocycles. The van der Waals surface area contributed by atoms with Crippen LogP contribution in [0, 0.1) is 6.92 Å². The van der Waals surface area contributed by atoms with E-state index in [1.165, 1.54) is 32.6 Å². The third-order valence-corrected chi connectivity index (χ3v) is 6.04. The van der Waals surface area contributed by atoms with Gasteiger partial charge in [0.2, 0.25) is 0 Å². The van der Waals surface area contributed by atoms with Crippen molar-refractivity contribution in [1.29, 1.82) is 0 Å². The SMILES string of the molecule is CCCCn1c(=O)c2c(C)c(-c3ccc(C(F)(F)F)cc3)sc2n(C)c1=O. The lowest BCUT2D eigenvalue weighted by Crippen LogP contribution is -2.38. The largest absolute Gasteiger partial charge is 0.416 e. The molecule has 0 saturated heterocycles. The van der Waals surface area contributed by atoms with Crippen molar-refractivity contribution >= 4 is 21.6 Å². The number of thiophene rings is 1. The van der Waals surface area contributed by atoms with Gasteiger partial charge < -0.3 is 0 Å². The first-order valence-electron chi connectivity index (χ1n) is 8.57. The molecule has 4 nitrogen and oxygen atoms in total. The van der Waals surface area contributed by atoms with Crippen LogP contribution in [0.5, 0.6) is 0 Å². The summed E-state index contributed by atoms with van der Waals surface area (Å²) in [5, 5.41) is 0.452. The van der Waals surface area contributed by atoms with E-state index in [1.807, 2.05) is 6.92 Å². The van der Waals surface area contributed by atoms with Crippen LogP contribution in [-0.4, -0.2) is 9.13 Å². The third-order valence-electron chi connectivity index (χ3n) is 4.62. The Morgan fingerprint density at radius 1 is 1.11 bits per heavy atom. The molecular formula is C19H19F3N2O2S. The number of hydrogen-bond acceptors (Lipinski definition) is 3. The summed E-state index contributed by atoms with van der Waals surface area (Å²) in [6.45, 7) is 4.09. The smallest absolute Gasteiger partial charge is 0.287 e. The molecule has 0 fully saturated rings. The third kappa shape index (κ3) is 3.34. The minimum absolute atomic E-state index is 0.339. The van der Waals surface area contributed by atoms with Gasteiger partial charge in [0.15, 0.2) is 0 Å².